The molecule has 0 saturated carbocycles. The Bertz CT molecular complexity index is 521. The molecule has 1 unspecified atom stereocenters. The second-order valence-electron chi connectivity index (χ2n) is 4.51. The Hall–Kier alpha value is -1.63. The lowest BCUT2D eigenvalue weighted by molar-refractivity contribution is -0.384. The van der Waals surface area contributed by atoms with E-state index >= 15 is 0 Å². The number of benzene rings is 1. The topological polar surface area (TPSA) is 75.5 Å². The van der Waals surface area contributed by atoms with E-state index in [1.165, 1.54) is 13.0 Å². The van der Waals surface area contributed by atoms with Gasteiger partial charge in [-0.2, -0.15) is 0 Å². The minimum Gasteiger partial charge on any atom is -0.375 e. The van der Waals surface area contributed by atoms with Crippen LogP contribution in [0.5, 0.6) is 0 Å². The Balaban J connectivity index is 2.13. The molecule has 1 aliphatic heterocycles. The molecule has 1 aliphatic rings. The van der Waals surface area contributed by atoms with Crippen molar-refractivity contribution in [2.24, 2.45) is 0 Å². The van der Waals surface area contributed by atoms with E-state index in [2.05, 4.69) is 21.2 Å². The third-order valence-electron chi connectivity index (χ3n) is 3.15. The van der Waals surface area contributed by atoms with Crippen LogP contribution in [0.2, 0.25) is 0 Å². The predicted molar refractivity (Wildman–Crippen MR) is 75.1 cm³/mol. The summed E-state index contributed by atoms with van der Waals surface area (Å²) in [6, 6.07) is 4.84. The van der Waals surface area contributed by atoms with E-state index in [1.807, 2.05) is 0 Å². The fourth-order valence-electron chi connectivity index (χ4n) is 2.17. The van der Waals surface area contributed by atoms with Crippen LogP contribution < -0.4 is 5.32 Å². The standard InChI is InChI=1S/C12H14BrN3O3/c1-8(17)15-5-4-10(7-15)14-11-6-9(13)2-3-12(11)16(18)19/h2-3,6,10,14H,4-5,7H2,1H3. The Kier molecular flexibility index (Phi) is 4.04. The minimum absolute atomic E-state index is 0.0352. The largest absolute Gasteiger partial charge is 0.375 e. The number of anilines is 1. The Morgan fingerprint density at radius 1 is 1.58 bits per heavy atom. The van der Waals surface area contributed by atoms with Crippen LogP contribution in [0, 0.1) is 10.1 Å². The van der Waals surface area contributed by atoms with Crippen LogP contribution in [0.25, 0.3) is 0 Å². The van der Waals surface area contributed by atoms with E-state index in [1.54, 1.807) is 17.0 Å². The molecule has 102 valence electrons. The normalized spacial score (nSPS) is 18.4. The number of nitro benzene ring substituents is 1. The maximum atomic E-state index is 11.3. The lowest BCUT2D eigenvalue weighted by atomic mass is 10.2. The first kappa shape index (κ1) is 13.8. The van der Waals surface area contributed by atoms with E-state index in [4.69, 9.17) is 0 Å². The van der Waals surface area contributed by atoms with Crippen LogP contribution >= 0.6 is 15.9 Å². The van der Waals surface area contributed by atoms with E-state index < -0.39 is 4.92 Å². The Morgan fingerprint density at radius 2 is 2.32 bits per heavy atom. The SMILES string of the molecule is CC(=O)N1CCC(Nc2cc(Br)ccc2[N+](=O)[O-])C1. The molecule has 0 bridgehead atoms. The second-order valence-corrected chi connectivity index (χ2v) is 5.43. The first-order chi connectivity index (χ1) is 8.97. The maximum Gasteiger partial charge on any atom is 0.292 e. The van der Waals surface area contributed by atoms with Gasteiger partial charge in [-0.3, -0.25) is 14.9 Å². The van der Waals surface area contributed by atoms with Crippen molar-refractivity contribution in [1.82, 2.24) is 4.90 Å². The van der Waals surface area contributed by atoms with Gasteiger partial charge in [0.2, 0.25) is 5.91 Å². The molecule has 1 fully saturated rings. The van der Waals surface area contributed by atoms with E-state index in [0.717, 1.165) is 10.9 Å². The molecule has 0 spiro atoms. The Labute approximate surface area is 119 Å². The van der Waals surface area contributed by atoms with Crippen molar-refractivity contribution < 1.29 is 9.72 Å². The monoisotopic (exact) mass is 327 g/mol. The zero-order chi connectivity index (χ0) is 14.0. The highest BCUT2D eigenvalue weighted by Crippen LogP contribution is 2.29. The van der Waals surface area contributed by atoms with Gasteiger partial charge in [-0.05, 0) is 18.6 Å². The second kappa shape index (κ2) is 5.56. The average Bonchev–Trinajstić information content (AvgIpc) is 2.77. The lowest BCUT2D eigenvalue weighted by Crippen LogP contribution is -2.29. The quantitative estimate of drug-likeness (QED) is 0.683. The van der Waals surface area contributed by atoms with Gasteiger partial charge in [0.25, 0.3) is 5.69 Å². The summed E-state index contributed by atoms with van der Waals surface area (Å²) in [6.07, 6.45) is 0.795. The maximum absolute atomic E-state index is 11.3. The Morgan fingerprint density at radius 3 is 2.89 bits per heavy atom. The van der Waals surface area contributed by atoms with Crippen LogP contribution in [0.1, 0.15) is 13.3 Å². The van der Waals surface area contributed by atoms with Crippen LogP contribution in [0.3, 0.4) is 0 Å². The highest BCUT2D eigenvalue weighted by Gasteiger charge is 2.26. The van der Waals surface area contributed by atoms with Crippen molar-refractivity contribution >= 4 is 33.2 Å². The molecule has 1 aromatic rings. The van der Waals surface area contributed by atoms with Gasteiger partial charge in [-0.25, -0.2) is 0 Å². The molecule has 1 N–H and O–H groups in total. The molecule has 1 heterocycles. The third kappa shape index (κ3) is 3.23. The summed E-state index contributed by atoms with van der Waals surface area (Å²) in [4.78, 5) is 23.5. The van der Waals surface area contributed by atoms with Gasteiger partial charge in [-0.1, -0.05) is 15.9 Å². The number of amides is 1. The molecule has 7 heteroatoms. The summed E-state index contributed by atoms with van der Waals surface area (Å²) in [6.45, 7) is 2.80. The van der Waals surface area contributed by atoms with Crippen molar-refractivity contribution in [2.75, 3.05) is 18.4 Å². The molecule has 1 amide bonds. The highest BCUT2D eigenvalue weighted by atomic mass is 79.9. The summed E-state index contributed by atoms with van der Waals surface area (Å²) in [5.74, 6) is 0.0352. The van der Waals surface area contributed by atoms with Crippen LogP contribution in [0.15, 0.2) is 22.7 Å². The number of carbonyl (C=O) groups excluding carboxylic acids is 1. The zero-order valence-corrected chi connectivity index (χ0v) is 12.0. The molecule has 6 nitrogen and oxygen atoms in total. The molecule has 1 aromatic carbocycles. The van der Waals surface area contributed by atoms with E-state index in [9.17, 15) is 14.9 Å². The summed E-state index contributed by atoms with van der Waals surface area (Å²) >= 11 is 3.30. The predicted octanol–water partition coefficient (Wildman–Crippen LogP) is 2.39. The highest BCUT2D eigenvalue weighted by molar-refractivity contribution is 9.10. The van der Waals surface area contributed by atoms with Gasteiger partial charge < -0.3 is 10.2 Å². The first-order valence-corrected chi connectivity index (χ1v) is 6.72. The van der Waals surface area contributed by atoms with E-state index in [-0.39, 0.29) is 17.6 Å². The number of carbonyl (C=O) groups is 1. The van der Waals surface area contributed by atoms with E-state index in [0.29, 0.717) is 18.8 Å². The van der Waals surface area contributed by atoms with Gasteiger partial charge in [0.1, 0.15) is 5.69 Å². The van der Waals surface area contributed by atoms with Crippen LogP contribution in [-0.4, -0.2) is 34.9 Å². The number of likely N-dealkylation sites (tertiary alicyclic amines) is 1. The molecular formula is C12H14BrN3O3. The number of nitro groups is 1. The smallest absolute Gasteiger partial charge is 0.292 e. The van der Waals surface area contributed by atoms with Crippen molar-refractivity contribution in [2.45, 2.75) is 19.4 Å². The van der Waals surface area contributed by atoms with Crippen LogP contribution in [0.4, 0.5) is 11.4 Å². The minimum atomic E-state index is -0.410. The van der Waals surface area contributed by atoms with Crippen molar-refractivity contribution in [1.29, 1.82) is 0 Å². The average molecular weight is 328 g/mol. The van der Waals surface area contributed by atoms with Crippen molar-refractivity contribution in [3.8, 4) is 0 Å². The van der Waals surface area contributed by atoms with Crippen molar-refractivity contribution in [3.63, 3.8) is 0 Å². The summed E-state index contributed by atoms with van der Waals surface area (Å²) in [7, 11) is 0. The van der Waals surface area contributed by atoms with Gasteiger partial charge in [0.15, 0.2) is 0 Å². The summed E-state index contributed by atoms with van der Waals surface area (Å²) in [5.41, 5.74) is 0.527. The van der Waals surface area contributed by atoms with Gasteiger partial charge in [0.05, 0.1) is 4.92 Å². The number of hydrogen-bond donors (Lipinski definition) is 1. The number of hydrogen-bond acceptors (Lipinski definition) is 4. The lowest BCUT2D eigenvalue weighted by Gasteiger charge is -2.16. The summed E-state index contributed by atoms with van der Waals surface area (Å²) in [5, 5.41) is 14.1. The van der Waals surface area contributed by atoms with Gasteiger partial charge in [-0.15, -0.1) is 0 Å². The molecule has 0 aromatic heterocycles. The molecule has 1 saturated heterocycles. The molecular weight excluding hydrogens is 314 g/mol. The number of nitrogens with one attached hydrogen (secondary N) is 1. The number of halogens is 1. The molecule has 0 radical (unpaired) electrons. The van der Waals surface area contributed by atoms with Crippen LogP contribution in [-0.2, 0) is 4.79 Å². The summed E-state index contributed by atoms with van der Waals surface area (Å²) < 4.78 is 0.780. The van der Waals surface area contributed by atoms with Gasteiger partial charge in [0, 0.05) is 36.6 Å². The fraction of sp³-hybridized carbons (Fsp3) is 0.417. The molecule has 19 heavy (non-hydrogen) atoms. The number of rotatable bonds is 3. The molecule has 0 aliphatic carbocycles. The fourth-order valence-corrected chi connectivity index (χ4v) is 2.53. The van der Waals surface area contributed by atoms with Gasteiger partial charge >= 0.3 is 0 Å². The zero-order valence-electron chi connectivity index (χ0n) is 10.4. The number of nitrogens with zero attached hydrogens (tertiary/aromatic N) is 2. The van der Waals surface area contributed by atoms with Crippen molar-refractivity contribution in [3.05, 3.63) is 32.8 Å². The first-order valence-electron chi connectivity index (χ1n) is 5.93. The molecule has 2 rings (SSSR count). The molecule has 1 atom stereocenters. The third-order valence-corrected chi connectivity index (χ3v) is 3.64.